The Morgan fingerprint density at radius 3 is 2.39 bits per heavy atom. The molecule has 6 nitrogen and oxygen atoms in total. The molecule has 0 aromatic heterocycles. The van der Waals surface area contributed by atoms with Crippen LogP contribution in [0.4, 0.5) is 0 Å². The van der Waals surface area contributed by atoms with E-state index in [1.54, 1.807) is 0 Å². The Balaban J connectivity index is 2.07. The van der Waals surface area contributed by atoms with Gasteiger partial charge in [-0.15, -0.1) is 0 Å². The summed E-state index contributed by atoms with van der Waals surface area (Å²) in [5.41, 5.74) is 4.05. The third-order valence-electron chi connectivity index (χ3n) is 4.48. The van der Waals surface area contributed by atoms with E-state index in [-0.39, 0.29) is 6.61 Å². The van der Waals surface area contributed by atoms with Crippen LogP contribution in [-0.2, 0) is 4.74 Å². The molecule has 6 heteroatoms. The summed E-state index contributed by atoms with van der Waals surface area (Å²) in [7, 11) is 0. The van der Waals surface area contributed by atoms with Crippen LogP contribution < -0.4 is 0 Å². The summed E-state index contributed by atoms with van der Waals surface area (Å²) in [5, 5.41) is 39.0. The lowest BCUT2D eigenvalue weighted by molar-refractivity contribution is -0.300. The first-order chi connectivity index (χ1) is 13.4. The number of benzene rings is 1. The first kappa shape index (κ1) is 22.0. The number of rotatable bonds is 9. The standard InChI is InChI=1S/C22H29O6/c1-15-3-7-17(8-4-15)12-27-14-20(22(26)21(25)19(24)11-23)28-13-18-9-5-16(2)6-10-18/h3-9,12-13,19-26H,10-11,14H2,1-2H3/q+1/b18-13+/t19-,20+,21-,22-/m1/s1. The molecule has 4 atom stereocenters. The van der Waals surface area contributed by atoms with Gasteiger partial charge in [-0.25, -0.2) is 0 Å². The molecule has 0 spiro atoms. The normalized spacial score (nSPS) is 20.1. The van der Waals surface area contributed by atoms with Crippen molar-refractivity contribution >= 4 is 6.29 Å². The van der Waals surface area contributed by atoms with Crippen LogP contribution in [0, 0.1) is 6.92 Å². The van der Waals surface area contributed by atoms with Crippen molar-refractivity contribution in [3.63, 3.8) is 0 Å². The van der Waals surface area contributed by atoms with E-state index in [0.29, 0.717) is 6.42 Å². The second-order valence-electron chi connectivity index (χ2n) is 6.95. The topological polar surface area (TPSA) is 101 Å². The van der Waals surface area contributed by atoms with Crippen LogP contribution >= 0.6 is 0 Å². The van der Waals surface area contributed by atoms with Gasteiger partial charge in [-0.1, -0.05) is 41.5 Å². The maximum absolute atomic E-state index is 10.4. The fourth-order valence-electron chi connectivity index (χ4n) is 2.57. The zero-order chi connectivity index (χ0) is 20.5. The fraction of sp³-hybridized carbons (Fsp3) is 0.409. The van der Waals surface area contributed by atoms with E-state index in [1.165, 1.54) is 12.5 Å². The van der Waals surface area contributed by atoms with Crippen molar-refractivity contribution in [2.75, 3.05) is 13.2 Å². The minimum absolute atomic E-state index is 0.0490. The Morgan fingerprint density at radius 1 is 1.07 bits per heavy atom. The highest BCUT2D eigenvalue weighted by atomic mass is 16.5. The highest BCUT2D eigenvalue weighted by Crippen LogP contribution is 2.17. The molecule has 28 heavy (non-hydrogen) atoms. The van der Waals surface area contributed by atoms with Crippen LogP contribution in [-0.4, -0.2) is 64.3 Å². The average molecular weight is 389 g/mol. The number of aryl methyl sites for hydroxylation is 1. The summed E-state index contributed by atoms with van der Waals surface area (Å²) in [6, 6.07) is 7.70. The molecule has 4 N–H and O–H groups in total. The Hall–Kier alpha value is -2.25. The van der Waals surface area contributed by atoms with Crippen LogP contribution in [0.3, 0.4) is 0 Å². The maximum Gasteiger partial charge on any atom is 0.315 e. The lowest BCUT2D eigenvalue weighted by Gasteiger charge is -2.25. The van der Waals surface area contributed by atoms with Crippen molar-refractivity contribution in [1.82, 2.24) is 0 Å². The Bertz CT molecular complexity index is 732. The molecule has 0 aliphatic heterocycles. The number of aliphatic hydroxyl groups excluding tert-OH is 4. The van der Waals surface area contributed by atoms with Gasteiger partial charge < -0.3 is 25.2 Å². The molecule has 1 aromatic rings. The quantitative estimate of drug-likeness (QED) is 0.292. The summed E-state index contributed by atoms with van der Waals surface area (Å²) < 4.78 is 11.2. The van der Waals surface area contributed by atoms with Gasteiger partial charge in [0.1, 0.15) is 18.3 Å². The molecular formula is C22H29O6+. The molecule has 0 saturated heterocycles. The van der Waals surface area contributed by atoms with Crippen molar-refractivity contribution < 1.29 is 29.6 Å². The fourth-order valence-corrected chi connectivity index (χ4v) is 2.57. The van der Waals surface area contributed by atoms with E-state index in [0.717, 1.165) is 22.3 Å². The van der Waals surface area contributed by atoms with Crippen molar-refractivity contribution in [2.45, 2.75) is 44.7 Å². The molecular weight excluding hydrogens is 360 g/mol. The van der Waals surface area contributed by atoms with Crippen molar-refractivity contribution in [1.29, 1.82) is 0 Å². The van der Waals surface area contributed by atoms with Gasteiger partial charge in [0.05, 0.1) is 18.4 Å². The van der Waals surface area contributed by atoms with Crippen LogP contribution in [0.2, 0.25) is 0 Å². The summed E-state index contributed by atoms with van der Waals surface area (Å²) in [4.78, 5) is 0. The molecule has 0 heterocycles. The maximum atomic E-state index is 10.4. The minimum Gasteiger partial charge on any atom is -0.485 e. The molecule has 0 fully saturated rings. The molecule has 0 bridgehead atoms. The molecule has 152 valence electrons. The third kappa shape index (κ3) is 6.73. The first-order valence-corrected chi connectivity index (χ1v) is 9.26. The zero-order valence-electron chi connectivity index (χ0n) is 16.2. The monoisotopic (exact) mass is 389 g/mol. The molecule has 0 saturated carbocycles. The van der Waals surface area contributed by atoms with Gasteiger partial charge in [0.25, 0.3) is 0 Å². The SMILES string of the molecule is CC1=CC/C(=C/O[C@@H](C[O+]=Cc2ccc(C)cc2)[C@@H](O)[C@H](O)[C@H](O)CO)C=C1. The van der Waals surface area contributed by atoms with E-state index in [4.69, 9.17) is 14.3 Å². The summed E-state index contributed by atoms with van der Waals surface area (Å²) >= 11 is 0. The van der Waals surface area contributed by atoms with Crippen molar-refractivity contribution in [2.24, 2.45) is 0 Å². The van der Waals surface area contributed by atoms with Crippen molar-refractivity contribution in [3.8, 4) is 0 Å². The summed E-state index contributed by atoms with van der Waals surface area (Å²) in [6.45, 7) is 3.27. The van der Waals surface area contributed by atoms with Crippen LogP contribution in [0.15, 0.2) is 59.9 Å². The predicted molar refractivity (Wildman–Crippen MR) is 107 cm³/mol. The third-order valence-corrected chi connectivity index (χ3v) is 4.48. The summed E-state index contributed by atoms with van der Waals surface area (Å²) in [5.74, 6) is 0. The lowest BCUT2D eigenvalue weighted by Crippen LogP contribution is -2.47. The van der Waals surface area contributed by atoms with Gasteiger partial charge in [0, 0.05) is 0 Å². The van der Waals surface area contributed by atoms with E-state index in [2.05, 4.69) is 0 Å². The van der Waals surface area contributed by atoms with Gasteiger partial charge in [0.15, 0.2) is 0 Å². The molecule has 0 radical (unpaired) electrons. The van der Waals surface area contributed by atoms with Gasteiger partial charge in [-0.3, -0.25) is 4.42 Å². The molecule has 0 amide bonds. The molecule has 2 rings (SSSR count). The van der Waals surface area contributed by atoms with E-state index in [1.807, 2.05) is 56.3 Å². The van der Waals surface area contributed by atoms with Crippen LogP contribution in [0.25, 0.3) is 0 Å². The van der Waals surface area contributed by atoms with E-state index < -0.39 is 31.0 Å². The van der Waals surface area contributed by atoms with Crippen LogP contribution in [0.5, 0.6) is 0 Å². The van der Waals surface area contributed by atoms with Gasteiger partial charge in [0.2, 0.25) is 6.10 Å². The second-order valence-corrected chi connectivity index (χ2v) is 6.95. The Morgan fingerprint density at radius 2 is 1.79 bits per heavy atom. The largest absolute Gasteiger partial charge is 0.485 e. The average Bonchev–Trinajstić information content (AvgIpc) is 2.71. The summed E-state index contributed by atoms with van der Waals surface area (Å²) in [6.07, 6.45) is 4.23. The second kappa shape index (κ2) is 10.9. The molecule has 0 unspecified atom stereocenters. The lowest BCUT2D eigenvalue weighted by atomic mass is 10.0. The van der Waals surface area contributed by atoms with Gasteiger partial charge in [-0.2, -0.15) is 0 Å². The molecule has 1 aromatic carbocycles. The Kier molecular flexibility index (Phi) is 8.60. The number of ether oxygens (including phenoxy) is 1. The first-order valence-electron chi connectivity index (χ1n) is 9.26. The molecule has 1 aliphatic carbocycles. The van der Waals surface area contributed by atoms with Gasteiger partial charge >= 0.3 is 12.9 Å². The number of hydrogen-bond donors (Lipinski definition) is 4. The van der Waals surface area contributed by atoms with Gasteiger partial charge in [-0.05, 0) is 38.0 Å². The minimum atomic E-state index is -1.57. The number of hydrogen-bond acceptors (Lipinski definition) is 5. The number of aldehydes is 1. The predicted octanol–water partition coefficient (Wildman–Crippen LogP) is 1.59. The van der Waals surface area contributed by atoms with Crippen LogP contribution in [0.1, 0.15) is 28.9 Å². The highest BCUT2D eigenvalue weighted by Gasteiger charge is 2.35. The van der Waals surface area contributed by atoms with Crippen molar-refractivity contribution in [3.05, 3.63) is 71.0 Å². The number of aliphatic hydroxyl groups is 4. The smallest absolute Gasteiger partial charge is 0.315 e. The zero-order valence-corrected chi connectivity index (χ0v) is 16.2. The number of carbonyl (C=O) groups excluding carboxylic acids is 1. The number of allylic oxidation sites excluding steroid dienone is 5. The molecule has 1 aliphatic rings. The van der Waals surface area contributed by atoms with E-state index >= 15 is 0 Å². The Labute approximate surface area is 165 Å². The van der Waals surface area contributed by atoms with E-state index in [9.17, 15) is 15.3 Å². The highest BCUT2D eigenvalue weighted by molar-refractivity contribution is 5.75.